The first kappa shape index (κ1) is 21.7. The van der Waals surface area contributed by atoms with Gasteiger partial charge < -0.3 is 19.4 Å². The van der Waals surface area contributed by atoms with Crippen molar-refractivity contribution in [3.63, 3.8) is 0 Å². The van der Waals surface area contributed by atoms with Crippen LogP contribution in [0.1, 0.15) is 35.2 Å². The number of nitrogens with one attached hydrogen (secondary N) is 1. The predicted octanol–water partition coefficient (Wildman–Crippen LogP) is 4.15. The Bertz CT molecular complexity index is 1440. The van der Waals surface area contributed by atoms with Crippen LogP contribution >= 0.6 is 0 Å². The molecule has 178 valence electrons. The zero-order valence-corrected chi connectivity index (χ0v) is 19.3. The number of fused-ring (bicyclic) bond motifs is 5. The van der Waals surface area contributed by atoms with Gasteiger partial charge in [-0.05, 0) is 42.2 Å². The molecule has 0 amide bonds. The molecule has 2 aliphatic heterocycles. The van der Waals surface area contributed by atoms with Crippen molar-refractivity contribution in [3.8, 4) is 5.75 Å². The number of nitrogens with zero attached hydrogens (tertiary/aromatic N) is 2. The van der Waals surface area contributed by atoms with E-state index < -0.39 is 12.0 Å². The number of carboxylic acid groups (broad SMARTS) is 1. The summed E-state index contributed by atoms with van der Waals surface area (Å²) in [7, 11) is 0. The maximum atomic E-state index is 12.6. The summed E-state index contributed by atoms with van der Waals surface area (Å²) in [6.07, 6.45) is 2.80. The van der Waals surface area contributed by atoms with Crippen molar-refractivity contribution in [2.24, 2.45) is 5.92 Å². The Labute approximate surface area is 202 Å². The Morgan fingerprint density at radius 1 is 1.06 bits per heavy atom. The van der Waals surface area contributed by atoms with Gasteiger partial charge in [0.15, 0.2) is 0 Å². The number of carbonyl (C=O) groups is 1. The molecule has 2 bridgehead atoms. The first-order chi connectivity index (χ1) is 17.1. The summed E-state index contributed by atoms with van der Waals surface area (Å²) in [5.41, 5.74) is 3.73. The molecule has 0 radical (unpaired) electrons. The third-order valence-electron chi connectivity index (χ3n) is 7.34. The Morgan fingerprint density at radius 3 is 2.74 bits per heavy atom. The van der Waals surface area contributed by atoms with Crippen LogP contribution in [0.25, 0.3) is 10.9 Å². The number of ether oxygens (including phenoxy) is 1. The van der Waals surface area contributed by atoms with Crippen molar-refractivity contribution >= 4 is 16.9 Å². The van der Waals surface area contributed by atoms with Crippen molar-refractivity contribution in [3.05, 3.63) is 100 Å². The molecule has 3 atom stereocenters. The van der Waals surface area contributed by atoms with E-state index >= 15 is 0 Å². The number of aromatic nitrogens is 2. The molecule has 7 heteroatoms. The van der Waals surface area contributed by atoms with Crippen molar-refractivity contribution in [1.29, 1.82) is 0 Å². The highest BCUT2D eigenvalue weighted by molar-refractivity contribution is 5.90. The normalized spacial score (nSPS) is 20.3. The summed E-state index contributed by atoms with van der Waals surface area (Å²) < 4.78 is 7.88. The molecule has 1 fully saturated rings. The minimum Gasteiger partial charge on any atom is -0.489 e. The number of hydrogen-bond acceptors (Lipinski definition) is 4. The minimum absolute atomic E-state index is 0.0279. The van der Waals surface area contributed by atoms with Crippen molar-refractivity contribution < 1.29 is 14.6 Å². The Kier molecular flexibility index (Phi) is 5.41. The van der Waals surface area contributed by atoms with Gasteiger partial charge in [0.2, 0.25) is 0 Å². The fourth-order valence-corrected chi connectivity index (χ4v) is 5.81. The Balaban J connectivity index is 1.30. The molecule has 35 heavy (non-hydrogen) atoms. The maximum Gasteiger partial charge on any atom is 0.325 e. The largest absolute Gasteiger partial charge is 0.489 e. The first-order valence-electron chi connectivity index (χ1n) is 12.0. The monoisotopic (exact) mass is 469 g/mol. The molecule has 0 aliphatic carbocycles. The molecule has 2 N–H and O–H groups in total. The van der Waals surface area contributed by atoms with Gasteiger partial charge in [0.25, 0.3) is 5.56 Å². The molecule has 0 saturated carbocycles. The Morgan fingerprint density at radius 2 is 1.91 bits per heavy atom. The van der Waals surface area contributed by atoms with E-state index in [-0.39, 0.29) is 17.4 Å². The van der Waals surface area contributed by atoms with Crippen LogP contribution in [0, 0.1) is 5.92 Å². The van der Waals surface area contributed by atoms with E-state index in [4.69, 9.17) is 4.74 Å². The van der Waals surface area contributed by atoms with E-state index in [1.54, 1.807) is 12.1 Å². The molecule has 6 rings (SSSR count). The predicted molar refractivity (Wildman–Crippen MR) is 133 cm³/mol. The second-order valence-electron chi connectivity index (χ2n) is 9.62. The molecule has 0 spiro atoms. The second kappa shape index (κ2) is 8.74. The highest BCUT2D eigenvalue weighted by atomic mass is 16.5. The minimum atomic E-state index is -0.869. The van der Waals surface area contributed by atoms with Crippen LogP contribution in [0.4, 0.5) is 0 Å². The second-order valence-corrected chi connectivity index (χ2v) is 9.62. The maximum absolute atomic E-state index is 12.6. The average Bonchev–Trinajstić information content (AvgIpc) is 3.27. The number of hydrogen-bond donors (Lipinski definition) is 2. The molecule has 7 nitrogen and oxygen atoms in total. The van der Waals surface area contributed by atoms with Crippen molar-refractivity contribution in [1.82, 2.24) is 14.5 Å². The van der Waals surface area contributed by atoms with Gasteiger partial charge in [0, 0.05) is 60.0 Å². The number of benzene rings is 2. The summed E-state index contributed by atoms with van der Waals surface area (Å²) in [5, 5.41) is 11.2. The van der Waals surface area contributed by atoms with Crippen LogP contribution in [-0.2, 0) is 17.9 Å². The van der Waals surface area contributed by atoms with Gasteiger partial charge in [-0.15, -0.1) is 0 Å². The van der Waals surface area contributed by atoms with Crippen molar-refractivity contribution in [2.45, 2.75) is 31.5 Å². The zero-order valence-electron chi connectivity index (χ0n) is 19.3. The smallest absolute Gasteiger partial charge is 0.325 e. The standard InChI is InChI=1S/C28H27N3O4/c32-26-8-4-7-25-20-11-19(15-31(25)26)14-30(16-20)27(28(33)34)23-13-29-24-10-9-21(12-22(23)24)35-17-18-5-2-1-3-6-18/h1-10,12-13,19-20,27,29H,11,14-17H2,(H,33,34). The topological polar surface area (TPSA) is 87.6 Å². The SMILES string of the molecule is O=C(O)C(c1c[nH]c2ccc(OCc3ccccc3)cc12)N1CC2CC(C1)c1cccc(=O)n1C2. The van der Waals surface area contributed by atoms with Gasteiger partial charge in [0.05, 0.1) is 0 Å². The third kappa shape index (κ3) is 4.02. The van der Waals surface area contributed by atoms with Crippen LogP contribution in [0.15, 0.2) is 77.7 Å². The highest BCUT2D eigenvalue weighted by Gasteiger charge is 2.40. The number of pyridine rings is 1. The molecular formula is C28H27N3O4. The lowest BCUT2D eigenvalue weighted by Crippen LogP contribution is -2.49. The van der Waals surface area contributed by atoms with Gasteiger partial charge in [-0.2, -0.15) is 0 Å². The summed E-state index contributed by atoms with van der Waals surface area (Å²) >= 11 is 0. The summed E-state index contributed by atoms with van der Waals surface area (Å²) in [4.78, 5) is 30.3. The summed E-state index contributed by atoms with van der Waals surface area (Å²) in [5.74, 6) is 0.230. The lowest BCUT2D eigenvalue weighted by atomic mass is 9.82. The molecule has 2 aliphatic rings. The van der Waals surface area contributed by atoms with E-state index in [1.165, 1.54) is 0 Å². The van der Waals surface area contributed by atoms with Crippen LogP contribution in [0.2, 0.25) is 0 Å². The van der Waals surface area contributed by atoms with Gasteiger partial charge in [0.1, 0.15) is 18.4 Å². The summed E-state index contributed by atoms with van der Waals surface area (Å²) in [6.45, 7) is 2.33. The fourth-order valence-electron chi connectivity index (χ4n) is 5.81. The molecule has 4 aromatic rings. The molecule has 2 aromatic heterocycles. The number of likely N-dealkylation sites (tertiary alicyclic amines) is 1. The van der Waals surface area contributed by atoms with Crippen LogP contribution in [0.5, 0.6) is 5.75 Å². The van der Waals surface area contributed by atoms with Crippen molar-refractivity contribution in [2.75, 3.05) is 13.1 Å². The molecule has 4 heterocycles. The van der Waals surface area contributed by atoms with Gasteiger partial charge in [-0.1, -0.05) is 36.4 Å². The number of aliphatic carboxylic acids is 1. The number of H-pyrrole nitrogens is 1. The lowest BCUT2D eigenvalue weighted by Gasteiger charge is -2.44. The van der Waals surface area contributed by atoms with E-state index in [0.717, 1.165) is 34.1 Å². The van der Waals surface area contributed by atoms with Crippen LogP contribution < -0.4 is 10.3 Å². The summed E-state index contributed by atoms with van der Waals surface area (Å²) in [6, 6.07) is 20.4. The fraction of sp³-hybridized carbons (Fsp3) is 0.286. The third-order valence-corrected chi connectivity index (χ3v) is 7.34. The van der Waals surface area contributed by atoms with Crippen LogP contribution in [0.3, 0.4) is 0 Å². The number of rotatable bonds is 6. The van der Waals surface area contributed by atoms with Gasteiger partial charge >= 0.3 is 5.97 Å². The zero-order chi connectivity index (χ0) is 23.9. The van der Waals surface area contributed by atoms with E-state index in [2.05, 4.69) is 9.88 Å². The van der Waals surface area contributed by atoms with E-state index in [1.807, 2.05) is 65.4 Å². The first-order valence-corrected chi connectivity index (χ1v) is 12.0. The number of carboxylic acids is 1. The molecule has 2 aromatic carbocycles. The van der Waals surface area contributed by atoms with Gasteiger partial charge in [-0.25, -0.2) is 0 Å². The average molecular weight is 470 g/mol. The van der Waals surface area contributed by atoms with Crippen LogP contribution in [-0.4, -0.2) is 38.6 Å². The number of piperidine rings is 1. The molecular weight excluding hydrogens is 442 g/mol. The number of aromatic amines is 1. The molecule has 1 saturated heterocycles. The van der Waals surface area contributed by atoms with Gasteiger partial charge in [-0.3, -0.25) is 14.5 Å². The van der Waals surface area contributed by atoms with E-state index in [9.17, 15) is 14.7 Å². The van der Waals surface area contributed by atoms with E-state index in [0.29, 0.717) is 32.0 Å². The Hall–Kier alpha value is -3.84. The highest BCUT2D eigenvalue weighted by Crippen LogP contribution is 2.40. The quantitative estimate of drug-likeness (QED) is 0.443. The molecule has 3 unspecified atom stereocenters. The lowest BCUT2D eigenvalue weighted by molar-refractivity contribution is -0.144.